The average Bonchev–Trinajstić information content (AvgIpc) is 2.71. The highest BCUT2D eigenvalue weighted by Crippen LogP contribution is 2.31. The fourth-order valence-corrected chi connectivity index (χ4v) is 5.19. The molecule has 182 valence electrons. The molecule has 7 nitrogen and oxygen atoms in total. The predicted molar refractivity (Wildman–Crippen MR) is 122 cm³/mol. The fourth-order valence-electron chi connectivity index (χ4n) is 5.19. The van der Waals surface area contributed by atoms with Gasteiger partial charge in [-0.1, -0.05) is 53.4 Å². The molecule has 1 aliphatic carbocycles. The third kappa shape index (κ3) is 7.13. The monoisotopic (exact) mass is 442 g/mol. The van der Waals surface area contributed by atoms with Gasteiger partial charge in [-0.15, -0.1) is 0 Å². The SMILES string of the molecule is C[C@H]1CCCC[C@@H]1N(CCCCCCN1C[C@H](O)[C@@H](O)[C@H](O)[C@H]1CO)C(=O)C(C)(C)C. The molecule has 1 heterocycles. The van der Waals surface area contributed by atoms with Crippen LogP contribution in [0.5, 0.6) is 0 Å². The number of hydrogen-bond donors (Lipinski definition) is 4. The third-order valence-corrected chi connectivity index (χ3v) is 7.18. The number of carbonyl (C=O) groups is 1. The number of rotatable bonds is 9. The third-order valence-electron chi connectivity index (χ3n) is 7.18. The number of hydrogen-bond acceptors (Lipinski definition) is 6. The smallest absolute Gasteiger partial charge is 0.228 e. The summed E-state index contributed by atoms with van der Waals surface area (Å²) >= 11 is 0. The lowest BCUT2D eigenvalue weighted by molar-refractivity contribution is -0.145. The van der Waals surface area contributed by atoms with Crippen LogP contribution in [-0.4, -0.2) is 92.8 Å². The summed E-state index contributed by atoms with van der Waals surface area (Å²) in [6.07, 6.45) is 5.30. The van der Waals surface area contributed by atoms with E-state index in [0.717, 1.165) is 38.6 Å². The standard InChI is InChI=1S/C24H46N2O5/c1-17-11-7-8-12-18(17)26(23(31)24(2,3)4)14-10-6-5-9-13-25-15-20(28)22(30)21(29)19(25)16-27/h17-22,27-30H,5-16H2,1-4H3/t17-,18-,19+,20-,21+,22+/m0/s1. The molecule has 2 aliphatic rings. The van der Waals surface area contributed by atoms with Crippen LogP contribution in [-0.2, 0) is 4.79 Å². The van der Waals surface area contributed by atoms with E-state index in [9.17, 15) is 25.2 Å². The lowest BCUT2D eigenvalue weighted by Gasteiger charge is -2.43. The first-order valence-electron chi connectivity index (χ1n) is 12.3. The summed E-state index contributed by atoms with van der Waals surface area (Å²) in [5, 5.41) is 39.4. The van der Waals surface area contributed by atoms with Crippen LogP contribution in [0.3, 0.4) is 0 Å². The Bertz CT molecular complexity index is 553. The normalized spacial score (nSPS) is 32.8. The molecule has 31 heavy (non-hydrogen) atoms. The molecule has 2 rings (SSSR count). The first kappa shape index (κ1) is 26.5. The van der Waals surface area contributed by atoms with E-state index in [4.69, 9.17) is 0 Å². The summed E-state index contributed by atoms with van der Waals surface area (Å²) in [7, 11) is 0. The molecule has 0 unspecified atom stereocenters. The summed E-state index contributed by atoms with van der Waals surface area (Å²) in [5.41, 5.74) is -0.364. The van der Waals surface area contributed by atoms with Gasteiger partial charge >= 0.3 is 0 Å². The Morgan fingerprint density at radius 2 is 1.65 bits per heavy atom. The Labute approximate surface area is 188 Å². The summed E-state index contributed by atoms with van der Waals surface area (Å²) in [6.45, 7) is 9.78. The number of carbonyl (C=O) groups excluding carboxylic acids is 1. The number of aliphatic hydroxyl groups is 4. The topological polar surface area (TPSA) is 104 Å². The van der Waals surface area contributed by atoms with Crippen molar-refractivity contribution in [3.63, 3.8) is 0 Å². The molecule has 0 bridgehead atoms. The molecule has 4 N–H and O–H groups in total. The number of unbranched alkanes of at least 4 members (excludes halogenated alkanes) is 3. The number of likely N-dealkylation sites (tertiary alicyclic amines) is 1. The molecule has 0 radical (unpaired) electrons. The highest BCUT2D eigenvalue weighted by atomic mass is 16.4. The van der Waals surface area contributed by atoms with Gasteiger partial charge in [-0.25, -0.2) is 0 Å². The lowest BCUT2D eigenvalue weighted by atomic mass is 9.83. The van der Waals surface area contributed by atoms with Crippen LogP contribution < -0.4 is 0 Å². The number of nitrogens with zero attached hydrogens (tertiary/aromatic N) is 2. The number of β-amino-alcohol motifs (C(OH)–C–C–N with tert-alkyl or cyclic N) is 1. The quantitative estimate of drug-likeness (QED) is 0.406. The van der Waals surface area contributed by atoms with Crippen LogP contribution in [0.15, 0.2) is 0 Å². The van der Waals surface area contributed by atoms with Gasteiger partial charge in [0.25, 0.3) is 0 Å². The van der Waals surface area contributed by atoms with Gasteiger partial charge in [0.2, 0.25) is 5.91 Å². The van der Waals surface area contributed by atoms with E-state index in [1.807, 2.05) is 25.7 Å². The van der Waals surface area contributed by atoms with Crippen molar-refractivity contribution < 1.29 is 25.2 Å². The lowest BCUT2D eigenvalue weighted by Crippen LogP contribution is -2.62. The van der Waals surface area contributed by atoms with Gasteiger partial charge in [-0.2, -0.15) is 0 Å². The number of aliphatic hydroxyl groups excluding tert-OH is 4. The minimum atomic E-state index is -1.21. The molecule has 7 heteroatoms. The fraction of sp³-hybridized carbons (Fsp3) is 0.958. The van der Waals surface area contributed by atoms with Crippen molar-refractivity contribution in [2.24, 2.45) is 11.3 Å². The van der Waals surface area contributed by atoms with Crippen LogP contribution in [0.4, 0.5) is 0 Å². The van der Waals surface area contributed by atoms with E-state index in [0.29, 0.717) is 18.5 Å². The minimum absolute atomic E-state index is 0.242. The molecule has 0 aromatic heterocycles. The van der Waals surface area contributed by atoms with Gasteiger partial charge in [0.15, 0.2) is 0 Å². The van der Waals surface area contributed by atoms with E-state index >= 15 is 0 Å². The van der Waals surface area contributed by atoms with Gasteiger partial charge in [0, 0.05) is 24.5 Å². The molecule has 0 spiro atoms. The second kappa shape index (κ2) is 11.9. The zero-order valence-electron chi connectivity index (χ0n) is 20.0. The van der Waals surface area contributed by atoms with Crippen molar-refractivity contribution in [3.05, 3.63) is 0 Å². The van der Waals surface area contributed by atoms with Crippen LogP contribution in [0.1, 0.15) is 79.1 Å². The molecular formula is C24H46N2O5. The van der Waals surface area contributed by atoms with E-state index in [2.05, 4.69) is 11.8 Å². The van der Waals surface area contributed by atoms with Crippen molar-refractivity contribution >= 4 is 5.91 Å². The Morgan fingerprint density at radius 1 is 1.00 bits per heavy atom. The van der Waals surface area contributed by atoms with Crippen LogP contribution in [0.25, 0.3) is 0 Å². The van der Waals surface area contributed by atoms with Gasteiger partial charge in [-0.05, 0) is 38.1 Å². The first-order chi connectivity index (χ1) is 14.6. The Morgan fingerprint density at radius 3 is 2.26 bits per heavy atom. The average molecular weight is 443 g/mol. The maximum absolute atomic E-state index is 13.1. The van der Waals surface area contributed by atoms with Crippen molar-refractivity contribution in [1.29, 1.82) is 0 Å². The molecule has 6 atom stereocenters. The van der Waals surface area contributed by atoms with E-state index < -0.39 is 24.4 Å². The van der Waals surface area contributed by atoms with E-state index in [1.54, 1.807) is 0 Å². The summed E-state index contributed by atoms with van der Waals surface area (Å²) in [6, 6.07) is -0.181. The molecule has 1 aliphatic heterocycles. The zero-order chi connectivity index (χ0) is 23.2. The van der Waals surface area contributed by atoms with E-state index in [-0.39, 0.29) is 24.5 Å². The highest BCUT2D eigenvalue weighted by Gasteiger charge is 2.40. The molecule has 0 aromatic rings. The van der Waals surface area contributed by atoms with Crippen LogP contribution in [0.2, 0.25) is 0 Å². The van der Waals surface area contributed by atoms with Crippen LogP contribution >= 0.6 is 0 Å². The van der Waals surface area contributed by atoms with Crippen molar-refractivity contribution in [2.75, 3.05) is 26.2 Å². The highest BCUT2D eigenvalue weighted by molar-refractivity contribution is 5.81. The maximum atomic E-state index is 13.1. The Hall–Kier alpha value is -0.730. The van der Waals surface area contributed by atoms with Crippen molar-refractivity contribution in [1.82, 2.24) is 9.80 Å². The molecule has 0 aromatic carbocycles. The van der Waals surface area contributed by atoms with Crippen LogP contribution in [0, 0.1) is 11.3 Å². The Kier molecular flexibility index (Phi) is 10.2. The molecular weight excluding hydrogens is 396 g/mol. The molecule has 2 fully saturated rings. The van der Waals surface area contributed by atoms with Gasteiger partial charge in [0.1, 0.15) is 12.2 Å². The predicted octanol–water partition coefficient (Wildman–Crippen LogP) is 1.76. The maximum Gasteiger partial charge on any atom is 0.228 e. The summed E-state index contributed by atoms with van der Waals surface area (Å²) in [5.74, 6) is 0.814. The van der Waals surface area contributed by atoms with Gasteiger partial charge < -0.3 is 25.3 Å². The van der Waals surface area contributed by atoms with Crippen molar-refractivity contribution in [3.8, 4) is 0 Å². The van der Waals surface area contributed by atoms with Crippen molar-refractivity contribution in [2.45, 2.75) is 109 Å². The second-order valence-electron chi connectivity index (χ2n) is 10.8. The Balaban J connectivity index is 1.80. The van der Waals surface area contributed by atoms with Gasteiger partial charge in [0.05, 0.1) is 18.8 Å². The van der Waals surface area contributed by atoms with E-state index in [1.165, 1.54) is 19.3 Å². The zero-order valence-corrected chi connectivity index (χ0v) is 20.0. The van der Waals surface area contributed by atoms with Gasteiger partial charge in [-0.3, -0.25) is 9.69 Å². The number of piperidine rings is 1. The summed E-state index contributed by atoms with van der Waals surface area (Å²) in [4.78, 5) is 17.2. The molecule has 1 saturated heterocycles. The second-order valence-corrected chi connectivity index (χ2v) is 10.8. The largest absolute Gasteiger partial charge is 0.395 e. The molecule has 1 saturated carbocycles. The minimum Gasteiger partial charge on any atom is -0.395 e. The molecule has 1 amide bonds. The summed E-state index contributed by atoms with van der Waals surface area (Å²) < 4.78 is 0. The number of amides is 1. The first-order valence-corrected chi connectivity index (χ1v) is 12.3.